The summed E-state index contributed by atoms with van der Waals surface area (Å²) in [6.07, 6.45) is 1.71. The lowest BCUT2D eigenvalue weighted by molar-refractivity contribution is -0.159. The standard InChI is InChI=1S/C13H25NO3/c1-12(2,3)17-10-9-16-11(15)13(4)5-7-14-8-6-13/h14H,5-10H2,1-4H3. The van der Waals surface area contributed by atoms with Gasteiger partial charge in [-0.3, -0.25) is 4.79 Å². The van der Waals surface area contributed by atoms with Crippen molar-refractivity contribution in [2.75, 3.05) is 26.3 Å². The molecule has 1 fully saturated rings. The van der Waals surface area contributed by atoms with E-state index in [1.165, 1.54) is 0 Å². The third-order valence-electron chi connectivity index (χ3n) is 3.05. The highest BCUT2D eigenvalue weighted by Gasteiger charge is 2.35. The fraction of sp³-hybridized carbons (Fsp3) is 0.923. The number of esters is 1. The minimum absolute atomic E-state index is 0.0866. The largest absolute Gasteiger partial charge is 0.463 e. The van der Waals surface area contributed by atoms with Gasteiger partial charge in [0.2, 0.25) is 0 Å². The van der Waals surface area contributed by atoms with Crippen LogP contribution in [0.25, 0.3) is 0 Å². The van der Waals surface area contributed by atoms with Gasteiger partial charge in [-0.2, -0.15) is 0 Å². The zero-order valence-corrected chi connectivity index (χ0v) is 11.5. The first kappa shape index (κ1) is 14.5. The summed E-state index contributed by atoms with van der Waals surface area (Å²) in [5.41, 5.74) is -0.488. The van der Waals surface area contributed by atoms with Crippen molar-refractivity contribution in [2.24, 2.45) is 5.41 Å². The molecule has 0 spiro atoms. The van der Waals surface area contributed by atoms with E-state index in [1.54, 1.807) is 0 Å². The van der Waals surface area contributed by atoms with Gasteiger partial charge in [0.25, 0.3) is 0 Å². The third-order valence-corrected chi connectivity index (χ3v) is 3.05. The van der Waals surface area contributed by atoms with Crippen LogP contribution in [0, 0.1) is 5.41 Å². The Hall–Kier alpha value is -0.610. The molecule has 0 atom stereocenters. The summed E-state index contributed by atoms with van der Waals surface area (Å²) >= 11 is 0. The molecule has 1 aliphatic rings. The summed E-state index contributed by atoms with van der Waals surface area (Å²) in [5.74, 6) is -0.0866. The molecule has 17 heavy (non-hydrogen) atoms. The van der Waals surface area contributed by atoms with Crippen LogP contribution < -0.4 is 5.32 Å². The molecule has 0 bridgehead atoms. The molecule has 0 aromatic rings. The molecule has 0 amide bonds. The topological polar surface area (TPSA) is 47.6 Å². The smallest absolute Gasteiger partial charge is 0.311 e. The Balaban J connectivity index is 2.24. The Morgan fingerprint density at radius 1 is 1.24 bits per heavy atom. The summed E-state index contributed by atoms with van der Waals surface area (Å²) in [4.78, 5) is 11.9. The highest BCUT2D eigenvalue weighted by atomic mass is 16.6. The highest BCUT2D eigenvalue weighted by molar-refractivity contribution is 5.76. The monoisotopic (exact) mass is 243 g/mol. The molecule has 4 nitrogen and oxygen atoms in total. The third kappa shape index (κ3) is 5.04. The van der Waals surface area contributed by atoms with Crippen LogP contribution in [-0.4, -0.2) is 37.9 Å². The molecule has 0 radical (unpaired) electrons. The molecular weight excluding hydrogens is 218 g/mol. The van der Waals surface area contributed by atoms with E-state index in [2.05, 4.69) is 5.32 Å². The van der Waals surface area contributed by atoms with E-state index in [0.29, 0.717) is 13.2 Å². The lowest BCUT2D eigenvalue weighted by Gasteiger charge is -2.31. The zero-order chi connectivity index (χ0) is 12.9. The molecule has 4 heteroatoms. The fourth-order valence-corrected chi connectivity index (χ4v) is 1.84. The van der Waals surface area contributed by atoms with Gasteiger partial charge in [0.1, 0.15) is 6.61 Å². The number of carbonyl (C=O) groups excluding carboxylic acids is 1. The van der Waals surface area contributed by atoms with Crippen molar-refractivity contribution in [3.05, 3.63) is 0 Å². The zero-order valence-electron chi connectivity index (χ0n) is 11.5. The Labute approximate surface area is 104 Å². The van der Waals surface area contributed by atoms with Crippen molar-refractivity contribution in [1.29, 1.82) is 0 Å². The Morgan fingerprint density at radius 3 is 2.35 bits per heavy atom. The molecule has 0 aromatic carbocycles. The van der Waals surface area contributed by atoms with Crippen molar-refractivity contribution in [3.8, 4) is 0 Å². The van der Waals surface area contributed by atoms with Crippen molar-refractivity contribution in [2.45, 2.75) is 46.1 Å². The Morgan fingerprint density at radius 2 is 1.82 bits per heavy atom. The van der Waals surface area contributed by atoms with E-state index >= 15 is 0 Å². The van der Waals surface area contributed by atoms with Crippen LogP contribution in [0.15, 0.2) is 0 Å². The van der Waals surface area contributed by atoms with Crippen LogP contribution in [0.2, 0.25) is 0 Å². The number of carbonyl (C=O) groups is 1. The van der Waals surface area contributed by atoms with Crippen LogP contribution in [0.3, 0.4) is 0 Å². The number of hydrogen-bond acceptors (Lipinski definition) is 4. The van der Waals surface area contributed by atoms with Gasteiger partial charge in [-0.25, -0.2) is 0 Å². The molecule has 1 rings (SSSR count). The SMILES string of the molecule is CC(C)(C)OCCOC(=O)C1(C)CCNCC1. The maximum Gasteiger partial charge on any atom is 0.311 e. The lowest BCUT2D eigenvalue weighted by atomic mass is 9.81. The first-order chi connectivity index (χ1) is 7.83. The van der Waals surface area contributed by atoms with Crippen LogP contribution in [0.1, 0.15) is 40.5 Å². The van der Waals surface area contributed by atoms with Crippen molar-refractivity contribution in [3.63, 3.8) is 0 Å². The van der Waals surface area contributed by atoms with Gasteiger partial charge >= 0.3 is 5.97 Å². The summed E-state index contributed by atoms with van der Waals surface area (Å²) in [7, 11) is 0. The average Bonchev–Trinajstić information content (AvgIpc) is 2.24. The second-order valence-corrected chi connectivity index (χ2v) is 5.91. The van der Waals surface area contributed by atoms with E-state index in [9.17, 15) is 4.79 Å². The summed E-state index contributed by atoms with van der Waals surface area (Å²) in [6, 6.07) is 0. The van der Waals surface area contributed by atoms with E-state index in [4.69, 9.17) is 9.47 Å². The predicted octanol–water partition coefficient (Wildman–Crippen LogP) is 1.73. The summed E-state index contributed by atoms with van der Waals surface area (Å²) in [5, 5.41) is 3.25. The molecule has 1 saturated heterocycles. The van der Waals surface area contributed by atoms with Crippen LogP contribution in [0.4, 0.5) is 0 Å². The highest BCUT2D eigenvalue weighted by Crippen LogP contribution is 2.29. The Kier molecular flexibility index (Phi) is 4.95. The van der Waals surface area contributed by atoms with Gasteiger partial charge in [-0.15, -0.1) is 0 Å². The summed E-state index contributed by atoms with van der Waals surface area (Å²) in [6.45, 7) is 10.5. The van der Waals surface area contributed by atoms with Gasteiger partial charge in [0.05, 0.1) is 17.6 Å². The predicted molar refractivity (Wildman–Crippen MR) is 66.9 cm³/mol. The van der Waals surface area contributed by atoms with Crippen molar-refractivity contribution < 1.29 is 14.3 Å². The second kappa shape index (κ2) is 5.83. The van der Waals surface area contributed by atoms with Gasteiger partial charge in [-0.05, 0) is 53.6 Å². The van der Waals surface area contributed by atoms with E-state index in [1.807, 2.05) is 27.7 Å². The number of rotatable bonds is 4. The van der Waals surface area contributed by atoms with Crippen LogP contribution in [-0.2, 0) is 14.3 Å². The lowest BCUT2D eigenvalue weighted by Crippen LogP contribution is -2.41. The second-order valence-electron chi connectivity index (χ2n) is 5.91. The van der Waals surface area contributed by atoms with Gasteiger partial charge in [0.15, 0.2) is 0 Å². The molecule has 0 unspecified atom stereocenters. The fourth-order valence-electron chi connectivity index (χ4n) is 1.84. The minimum Gasteiger partial charge on any atom is -0.463 e. The molecule has 1 N–H and O–H groups in total. The van der Waals surface area contributed by atoms with E-state index in [-0.39, 0.29) is 17.0 Å². The Bertz CT molecular complexity index is 252. The molecule has 100 valence electrons. The number of hydrogen-bond donors (Lipinski definition) is 1. The molecule has 0 saturated carbocycles. The van der Waals surface area contributed by atoms with Crippen molar-refractivity contribution in [1.82, 2.24) is 5.32 Å². The van der Waals surface area contributed by atoms with Gasteiger partial charge in [-0.1, -0.05) is 0 Å². The average molecular weight is 243 g/mol. The molecular formula is C13H25NO3. The first-order valence-electron chi connectivity index (χ1n) is 6.35. The maximum absolute atomic E-state index is 11.9. The van der Waals surface area contributed by atoms with E-state index in [0.717, 1.165) is 25.9 Å². The number of nitrogens with one attached hydrogen (secondary N) is 1. The number of ether oxygens (including phenoxy) is 2. The van der Waals surface area contributed by atoms with Gasteiger partial charge in [0, 0.05) is 0 Å². The van der Waals surface area contributed by atoms with Crippen LogP contribution >= 0.6 is 0 Å². The molecule has 0 aromatic heterocycles. The van der Waals surface area contributed by atoms with Crippen LogP contribution in [0.5, 0.6) is 0 Å². The molecule has 1 heterocycles. The molecule has 1 aliphatic heterocycles. The maximum atomic E-state index is 11.9. The van der Waals surface area contributed by atoms with E-state index < -0.39 is 0 Å². The molecule has 0 aliphatic carbocycles. The number of piperidine rings is 1. The minimum atomic E-state index is -0.313. The normalized spacial score (nSPS) is 20.0. The quantitative estimate of drug-likeness (QED) is 0.603. The first-order valence-corrected chi connectivity index (χ1v) is 6.35. The summed E-state index contributed by atoms with van der Waals surface area (Å²) < 4.78 is 10.8. The van der Waals surface area contributed by atoms with Crippen molar-refractivity contribution >= 4 is 5.97 Å². The van der Waals surface area contributed by atoms with Gasteiger partial charge < -0.3 is 14.8 Å².